The number of aromatic hydroxyl groups is 1. The predicted octanol–water partition coefficient (Wildman–Crippen LogP) is 5.51. The van der Waals surface area contributed by atoms with E-state index < -0.39 is 0 Å². The Morgan fingerprint density at radius 2 is 1.74 bits per heavy atom. The van der Waals surface area contributed by atoms with Crippen LogP contribution in [0.5, 0.6) is 17.2 Å². The first-order valence-electron chi connectivity index (χ1n) is 8.51. The van der Waals surface area contributed by atoms with Crippen LogP contribution in [0.25, 0.3) is 5.76 Å². The van der Waals surface area contributed by atoms with Crippen molar-refractivity contribution in [1.82, 2.24) is 0 Å². The molecule has 0 aromatic heterocycles. The molecule has 136 valence electrons. The van der Waals surface area contributed by atoms with E-state index in [1.165, 1.54) is 0 Å². The molecule has 0 saturated heterocycles. The summed E-state index contributed by atoms with van der Waals surface area (Å²) in [6.07, 6.45) is 1.61. The Balaban J connectivity index is 1.84. The summed E-state index contributed by atoms with van der Waals surface area (Å²) in [6, 6.07) is 20.5. The number of ether oxygens (including phenoxy) is 2. The van der Waals surface area contributed by atoms with Gasteiger partial charge in [-0.3, -0.25) is 4.99 Å². The summed E-state index contributed by atoms with van der Waals surface area (Å²) in [5.74, 6) is 1.60. The number of hydrogen-bond acceptors (Lipinski definition) is 4. The van der Waals surface area contributed by atoms with Gasteiger partial charge in [0.05, 0.1) is 12.8 Å². The molecule has 0 fully saturated rings. The number of phenolic OH excluding ortho intramolecular Hbond substituents is 1. The molecule has 1 N–H and O–H groups in total. The number of phenols is 1. The van der Waals surface area contributed by atoms with Crippen LogP contribution in [0.2, 0.25) is 0 Å². The SMILES string of the molecule is C=C(Oc1cc(C)cc(C=Nc2ccc(OC)cc2)c1O)c1ccccc1. The molecule has 0 unspecified atom stereocenters. The molecule has 4 nitrogen and oxygen atoms in total. The van der Waals surface area contributed by atoms with Crippen LogP contribution in [0.15, 0.2) is 78.3 Å². The fraction of sp³-hybridized carbons (Fsp3) is 0.0870. The minimum Gasteiger partial charge on any atom is -0.504 e. The highest BCUT2D eigenvalue weighted by molar-refractivity contribution is 5.87. The van der Waals surface area contributed by atoms with E-state index in [0.717, 1.165) is 22.6 Å². The van der Waals surface area contributed by atoms with Gasteiger partial charge in [-0.1, -0.05) is 36.9 Å². The lowest BCUT2D eigenvalue weighted by molar-refractivity contribution is 0.415. The highest BCUT2D eigenvalue weighted by atomic mass is 16.5. The molecule has 0 bridgehead atoms. The van der Waals surface area contributed by atoms with E-state index in [1.807, 2.05) is 67.6 Å². The molecule has 0 radical (unpaired) electrons. The molecule has 0 atom stereocenters. The van der Waals surface area contributed by atoms with Crippen molar-refractivity contribution in [2.45, 2.75) is 6.92 Å². The first kappa shape index (κ1) is 18.3. The van der Waals surface area contributed by atoms with Crippen molar-refractivity contribution in [1.29, 1.82) is 0 Å². The zero-order chi connectivity index (χ0) is 19.2. The molecular formula is C23H21NO3. The number of nitrogens with zero attached hydrogens (tertiary/aromatic N) is 1. The molecule has 0 spiro atoms. The molecule has 0 saturated carbocycles. The Bertz CT molecular complexity index is 961. The normalized spacial score (nSPS) is 10.7. The van der Waals surface area contributed by atoms with E-state index in [0.29, 0.717) is 17.1 Å². The number of aryl methyl sites for hydroxylation is 1. The highest BCUT2D eigenvalue weighted by Gasteiger charge is 2.11. The topological polar surface area (TPSA) is 51.0 Å². The fourth-order valence-electron chi connectivity index (χ4n) is 2.58. The van der Waals surface area contributed by atoms with Crippen LogP contribution in [0, 0.1) is 6.92 Å². The molecule has 3 aromatic rings. The van der Waals surface area contributed by atoms with Gasteiger partial charge in [-0.2, -0.15) is 0 Å². The van der Waals surface area contributed by atoms with Crippen molar-refractivity contribution >= 4 is 17.7 Å². The van der Waals surface area contributed by atoms with Gasteiger partial charge in [0.2, 0.25) is 0 Å². The first-order chi connectivity index (χ1) is 13.1. The second kappa shape index (κ2) is 8.23. The lowest BCUT2D eigenvalue weighted by Gasteiger charge is -2.12. The van der Waals surface area contributed by atoms with Gasteiger partial charge in [-0.15, -0.1) is 0 Å². The molecule has 3 rings (SSSR count). The zero-order valence-electron chi connectivity index (χ0n) is 15.3. The minimum absolute atomic E-state index is 0.0231. The minimum atomic E-state index is 0.0231. The first-order valence-corrected chi connectivity index (χ1v) is 8.51. The molecule has 0 aliphatic heterocycles. The van der Waals surface area contributed by atoms with Gasteiger partial charge in [-0.05, 0) is 48.9 Å². The number of hydrogen-bond donors (Lipinski definition) is 1. The van der Waals surface area contributed by atoms with Crippen LogP contribution in [-0.4, -0.2) is 18.4 Å². The average Bonchev–Trinajstić information content (AvgIpc) is 2.70. The largest absolute Gasteiger partial charge is 0.504 e. The van der Waals surface area contributed by atoms with Gasteiger partial charge in [0, 0.05) is 17.3 Å². The van der Waals surface area contributed by atoms with Crippen molar-refractivity contribution in [3.8, 4) is 17.2 Å². The molecule has 0 amide bonds. The third-order valence-corrected chi connectivity index (χ3v) is 4.00. The number of rotatable bonds is 6. The standard InChI is InChI=1S/C23H21NO3/c1-16-13-19(15-24-20-9-11-21(26-3)12-10-20)23(25)22(14-16)27-17(2)18-7-5-4-6-8-18/h4-15,25H,2H2,1,3H3. The third kappa shape index (κ3) is 4.55. The van der Waals surface area contributed by atoms with E-state index in [2.05, 4.69) is 11.6 Å². The van der Waals surface area contributed by atoms with Crippen LogP contribution in [0.4, 0.5) is 5.69 Å². The summed E-state index contributed by atoms with van der Waals surface area (Å²) in [6.45, 7) is 5.88. The van der Waals surface area contributed by atoms with Gasteiger partial charge in [0.15, 0.2) is 11.5 Å². The lowest BCUT2D eigenvalue weighted by Crippen LogP contribution is -1.96. The van der Waals surface area contributed by atoms with Crippen LogP contribution in [0.1, 0.15) is 16.7 Å². The molecule has 27 heavy (non-hydrogen) atoms. The van der Waals surface area contributed by atoms with Crippen LogP contribution < -0.4 is 9.47 Å². The van der Waals surface area contributed by atoms with Gasteiger partial charge in [0.25, 0.3) is 0 Å². The Hall–Kier alpha value is -3.53. The molecular weight excluding hydrogens is 338 g/mol. The van der Waals surface area contributed by atoms with Crippen LogP contribution >= 0.6 is 0 Å². The predicted molar refractivity (Wildman–Crippen MR) is 109 cm³/mol. The Kier molecular flexibility index (Phi) is 5.57. The molecule has 0 heterocycles. The monoisotopic (exact) mass is 359 g/mol. The fourth-order valence-corrected chi connectivity index (χ4v) is 2.58. The van der Waals surface area contributed by atoms with Crippen LogP contribution in [-0.2, 0) is 0 Å². The summed E-state index contributed by atoms with van der Waals surface area (Å²) < 4.78 is 11.0. The summed E-state index contributed by atoms with van der Waals surface area (Å²) in [5.41, 5.74) is 3.13. The Labute approximate surface area is 159 Å². The van der Waals surface area contributed by atoms with E-state index in [1.54, 1.807) is 19.4 Å². The summed E-state index contributed by atoms with van der Waals surface area (Å²) in [4.78, 5) is 4.41. The van der Waals surface area contributed by atoms with Crippen molar-refractivity contribution in [3.63, 3.8) is 0 Å². The van der Waals surface area contributed by atoms with Crippen LogP contribution in [0.3, 0.4) is 0 Å². The third-order valence-electron chi connectivity index (χ3n) is 4.00. The maximum atomic E-state index is 10.6. The smallest absolute Gasteiger partial charge is 0.169 e. The van der Waals surface area contributed by atoms with E-state index >= 15 is 0 Å². The number of aliphatic imine (C=N–C) groups is 1. The van der Waals surface area contributed by atoms with Crippen molar-refractivity contribution in [2.75, 3.05) is 7.11 Å². The Morgan fingerprint density at radius 1 is 1.04 bits per heavy atom. The number of methoxy groups -OCH3 is 1. The maximum Gasteiger partial charge on any atom is 0.169 e. The summed E-state index contributed by atoms with van der Waals surface area (Å²) in [7, 11) is 1.62. The lowest BCUT2D eigenvalue weighted by atomic mass is 10.1. The van der Waals surface area contributed by atoms with Gasteiger partial charge in [-0.25, -0.2) is 0 Å². The highest BCUT2D eigenvalue weighted by Crippen LogP contribution is 2.33. The van der Waals surface area contributed by atoms with Crippen molar-refractivity contribution < 1.29 is 14.6 Å². The molecule has 3 aromatic carbocycles. The second-order valence-corrected chi connectivity index (χ2v) is 6.05. The van der Waals surface area contributed by atoms with E-state index in [9.17, 15) is 5.11 Å². The van der Waals surface area contributed by atoms with Gasteiger partial charge >= 0.3 is 0 Å². The van der Waals surface area contributed by atoms with Gasteiger partial charge < -0.3 is 14.6 Å². The summed E-state index contributed by atoms with van der Waals surface area (Å²) >= 11 is 0. The van der Waals surface area contributed by atoms with E-state index in [-0.39, 0.29) is 5.75 Å². The zero-order valence-corrected chi connectivity index (χ0v) is 15.3. The maximum absolute atomic E-state index is 10.6. The second-order valence-electron chi connectivity index (χ2n) is 6.05. The molecule has 0 aliphatic carbocycles. The van der Waals surface area contributed by atoms with Gasteiger partial charge in [0.1, 0.15) is 11.5 Å². The quantitative estimate of drug-likeness (QED) is 0.466. The number of benzene rings is 3. The summed E-state index contributed by atoms with van der Waals surface area (Å²) in [5, 5.41) is 10.6. The molecule has 4 heteroatoms. The van der Waals surface area contributed by atoms with Crippen molar-refractivity contribution in [2.24, 2.45) is 4.99 Å². The van der Waals surface area contributed by atoms with E-state index in [4.69, 9.17) is 9.47 Å². The average molecular weight is 359 g/mol. The Morgan fingerprint density at radius 3 is 2.41 bits per heavy atom. The molecule has 0 aliphatic rings. The van der Waals surface area contributed by atoms with Crippen molar-refractivity contribution in [3.05, 3.63) is 90.0 Å².